The molecule has 6 N–H and O–H groups in total. The second kappa shape index (κ2) is 11.1. The first-order valence-corrected chi connectivity index (χ1v) is 11.0. The Morgan fingerprint density at radius 1 is 0.972 bits per heavy atom. The third-order valence-corrected chi connectivity index (χ3v) is 5.39. The van der Waals surface area contributed by atoms with E-state index in [1.165, 1.54) is 30.3 Å². The highest BCUT2D eigenvalue weighted by Gasteiger charge is 2.21. The molecule has 1 aliphatic rings. The van der Waals surface area contributed by atoms with Crippen LogP contribution in [0.5, 0.6) is 11.5 Å². The van der Waals surface area contributed by atoms with Crippen molar-refractivity contribution in [1.29, 1.82) is 0 Å². The van der Waals surface area contributed by atoms with Crippen LogP contribution in [0, 0.1) is 0 Å². The largest absolute Gasteiger partial charge is 0.454 e. The highest BCUT2D eigenvalue weighted by Crippen LogP contribution is 2.32. The molecule has 0 aromatic heterocycles. The van der Waals surface area contributed by atoms with Gasteiger partial charge in [0.05, 0.1) is 0 Å². The first-order chi connectivity index (χ1) is 17.4. The Balaban J connectivity index is 1.46. The molecule has 0 unspecified atom stereocenters. The first kappa shape index (κ1) is 24.3. The smallest absolute Gasteiger partial charge is 0.274 e. The molecule has 10 nitrogen and oxygen atoms in total. The zero-order valence-corrected chi connectivity index (χ0v) is 19.1. The number of hydroxylamine groups is 1. The number of hydrogen-bond donors (Lipinski definition) is 5. The normalized spacial score (nSPS) is 12.7. The third kappa shape index (κ3) is 6.19. The summed E-state index contributed by atoms with van der Waals surface area (Å²) in [7, 11) is 0. The van der Waals surface area contributed by atoms with Crippen LogP contribution in [-0.2, 0) is 16.0 Å². The molecule has 184 valence electrons. The van der Waals surface area contributed by atoms with E-state index in [1.807, 2.05) is 0 Å². The SMILES string of the molecule is Nc1ccc(C[C@H](NC(=O)/C=C/c2ccc3c(c2)OCO3)C(=O)Nc2ccc(C(=O)NO)cc2)cc1. The minimum Gasteiger partial charge on any atom is -0.454 e. The van der Waals surface area contributed by atoms with Crippen molar-refractivity contribution in [3.05, 3.63) is 89.5 Å². The maximum atomic E-state index is 13.1. The van der Waals surface area contributed by atoms with Crippen LogP contribution in [0.3, 0.4) is 0 Å². The van der Waals surface area contributed by atoms with Crippen LogP contribution in [0.15, 0.2) is 72.8 Å². The number of rotatable bonds is 8. The number of nitrogen functional groups attached to an aromatic ring is 1. The number of anilines is 2. The van der Waals surface area contributed by atoms with Gasteiger partial charge in [-0.15, -0.1) is 0 Å². The van der Waals surface area contributed by atoms with Gasteiger partial charge in [-0.25, -0.2) is 5.48 Å². The number of benzene rings is 3. The molecule has 0 aliphatic carbocycles. The summed E-state index contributed by atoms with van der Waals surface area (Å²) in [6.45, 7) is 0.155. The van der Waals surface area contributed by atoms with E-state index in [2.05, 4.69) is 10.6 Å². The van der Waals surface area contributed by atoms with Crippen molar-refractivity contribution in [1.82, 2.24) is 10.8 Å². The number of hydrogen-bond acceptors (Lipinski definition) is 7. The van der Waals surface area contributed by atoms with Crippen molar-refractivity contribution in [2.45, 2.75) is 12.5 Å². The first-order valence-electron chi connectivity index (χ1n) is 11.0. The minimum atomic E-state index is -0.900. The summed E-state index contributed by atoms with van der Waals surface area (Å²) in [5.74, 6) is -0.340. The van der Waals surface area contributed by atoms with E-state index in [0.29, 0.717) is 22.9 Å². The van der Waals surface area contributed by atoms with E-state index >= 15 is 0 Å². The molecule has 1 atom stereocenters. The molecule has 4 rings (SSSR count). The molecule has 10 heteroatoms. The van der Waals surface area contributed by atoms with Gasteiger partial charge in [-0.3, -0.25) is 19.6 Å². The van der Waals surface area contributed by atoms with Gasteiger partial charge >= 0.3 is 0 Å². The van der Waals surface area contributed by atoms with Crippen molar-refractivity contribution < 1.29 is 29.1 Å². The fourth-order valence-corrected chi connectivity index (χ4v) is 3.51. The van der Waals surface area contributed by atoms with Gasteiger partial charge in [0.15, 0.2) is 11.5 Å². The number of ether oxygens (including phenoxy) is 2. The molecule has 0 fully saturated rings. The molecule has 0 saturated heterocycles. The summed E-state index contributed by atoms with van der Waals surface area (Å²) in [5, 5.41) is 14.2. The summed E-state index contributed by atoms with van der Waals surface area (Å²) in [6, 6.07) is 17.3. The van der Waals surface area contributed by atoms with Gasteiger partial charge in [-0.1, -0.05) is 18.2 Å². The molecule has 3 aromatic rings. The number of carbonyl (C=O) groups excluding carboxylic acids is 3. The molecule has 1 aliphatic heterocycles. The van der Waals surface area contributed by atoms with Gasteiger partial charge in [0, 0.05) is 29.4 Å². The summed E-state index contributed by atoms with van der Waals surface area (Å²) < 4.78 is 10.6. The van der Waals surface area contributed by atoms with Gasteiger partial charge in [-0.2, -0.15) is 0 Å². The zero-order valence-electron chi connectivity index (χ0n) is 19.1. The number of carbonyl (C=O) groups is 3. The lowest BCUT2D eigenvalue weighted by Crippen LogP contribution is -2.44. The second-order valence-electron chi connectivity index (χ2n) is 7.96. The second-order valence-corrected chi connectivity index (χ2v) is 7.96. The van der Waals surface area contributed by atoms with Crippen LogP contribution in [0.2, 0.25) is 0 Å². The molecule has 3 amide bonds. The molecule has 0 radical (unpaired) electrons. The molecule has 1 heterocycles. The summed E-state index contributed by atoms with van der Waals surface area (Å²) in [5.41, 5.74) is 10.1. The zero-order chi connectivity index (χ0) is 25.5. The number of fused-ring (bicyclic) bond motifs is 1. The van der Waals surface area contributed by atoms with Gasteiger partial charge in [-0.05, 0) is 65.7 Å². The Morgan fingerprint density at radius 2 is 1.69 bits per heavy atom. The van der Waals surface area contributed by atoms with Crippen molar-refractivity contribution in [3.8, 4) is 11.5 Å². The lowest BCUT2D eigenvalue weighted by Gasteiger charge is -2.18. The quantitative estimate of drug-likeness (QED) is 0.141. The van der Waals surface area contributed by atoms with Crippen molar-refractivity contribution >= 4 is 35.2 Å². The minimum absolute atomic E-state index is 0.155. The Kier molecular flexibility index (Phi) is 7.47. The molecule has 0 saturated carbocycles. The summed E-state index contributed by atoms with van der Waals surface area (Å²) in [4.78, 5) is 37.3. The highest BCUT2D eigenvalue weighted by molar-refractivity contribution is 6.00. The van der Waals surface area contributed by atoms with Gasteiger partial charge in [0.2, 0.25) is 18.6 Å². The fourth-order valence-electron chi connectivity index (χ4n) is 3.51. The lowest BCUT2D eigenvalue weighted by molar-refractivity contribution is -0.123. The lowest BCUT2D eigenvalue weighted by atomic mass is 10.0. The number of nitrogens with one attached hydrogen (secondary N) is 3. The molecule has 0 bridgehead atoms. The predicted octanol–water partition coefficient (Wildman–Crippen LogP) is 2.50. The van der Waals surface area contributed by atoms with Gasteiger partial charge in [0.1, 0.15) is 6.04 Å². The third-order valence-electron chi connectivity index (χ3n) is 5.39. The number of amides is 3. The van der Waals surface area contributed by atoms with Gasteiger partial charge < -0.3 is 25.8 Å². The fraction of sp³-hybridized carbons (Fsp3) is 0.115. The van der Waals surface area contributed by atoms with Crippen molar-refractivity contribution in [2.75, 3.05) is 17.8 Å². The van der Waals surface area contributed by atoms with E-state index in [0.717, 1.165) is 11.1 Å². The van der Waals surface area contributed by atoms with Gasteiger partial charge in [0.25, 0.3) is 5.91 Å². The van der Waals surface area contributed by atoms with Crippen molar-refractivity contribution in [3.63, 3.8) is 0 Å². The van der Waals surface area contributed by atoms with Crippen LogP contribution in [0.4, 0.5) is 11.4 Å². The van der Waals surface area contributed by atoms with E-state index in [4.69, 9.17) is 20.4 Å². The van der Waals surface area contributed by atoms with Crippen LogP contribution >= 0.6 is 0 Å². The maximum absolute atomic E-state index is 13.1. The summed E-state index contributed by atoms with van der Waals surface area (Å²) >= 11 is 0. The average molecular weight is 489 g/mol. The average Bonchev–Trinajstić information content (AvgIpc) is 3.36. The topological polar surface area (TPSA) is 152 Å². The standard InChI is InChI=1S/C26H24N4O6/c27-19-7-1-16(2-8-19)13-21(26(33)28-20-9-5-18(6-10-20)25(32)30-34)29-24(31)12-4-17-3-11-22-23(14-17)36-15-35-22/h1-12,14,21,34H,13,15,27H2,(H,28,33)(H,29,31)(H,30,32)/b12-4+/t21-/m0/s1. The Hall–Kier alpha value is -4.83. The Bertz CT molecular complexity index is 1290. The van der Waals surface area contributed by atoms with E-state index in [-0.39, 0.29) is 18.8 Å². The molecular weight excluding hydrogens is 464 g/mol. The molecular formula is C26H24N4O6. The monoisotopic (exact) mass is 488 g/mol. The van der Waals surface area contributed by atoms with Crippen LogP contribution in [-0.4, -0.2) is 35.8 Å². The Labute approximate surface area is 206 Å². The van der Waals surface area contributed by atoms with Crippen LogP contribution in [0.1, 0.15) is 21.5 Å². The van der Waals surface area contributed by atoms with E-state index in [9.17, 15) is 14.4 Å². The molecule has 0 spiro atoms. The Morgan fingerprint density at radius 3 is 2.42 bits per heavy atom. The van der Waals surface area contributed by atoms with Crippen LogP contribution < -0.4 is 31.3 Å². The molecule has 36 heavy (non-hydrogen) atoms. The van der Waals surface area contributed by atoms with E-state index in [1.54, 1.807) is 54.0 Å². The molecule has 3 aromatic carbocycles. The van der Waals surface area contributed by atoms with E-state index < -0.39 is 23.8 Å². The maximum Gasteiger partial charge on any atom is 0.274 e. The summed E-state index contributed by atoms with van der Waals surface area (Å²) in [6.07, 6.45) is 3.17. The highest BCUT2D eigenvalue weighted by atomic mass is 16.7. The number of nitrogens with two attached hydrogens (primary N) is 1. The van der Waals surface area contributed by atoms with Crippen LogP contribution in [0.25, 0.3) is 6.08 Å². The predicted molar refractivity (Wildman–Crippen MR) is 132 cm³/mol. The van der Waals surface area contributed by atoms with Crippen molar-refractivity contribution in [2.24, 2.45) is 0 Å².